The Bertz CT molecular complexity index is 395. The van der Waals surface area contributed by atoms with Crippen molar-refractivity contribution in [1.82, 2.24) is 0 Å². The molecular formula is C19H32O6. The van der Waals surface area contributed by atoms with Crippen LogP contribution in [0.3, 0.4) is 0 Å². The summed E-state index contributed by atoms with van der Waals surface area (Å²) in [5, 5.41) is 0. The van der Waals surface area contributed by atoms with Crippen molar-refractivity contribution < 1.29 is 28.5 Å². The van der Waals surface area contributed by atoms with E-state index in [0.29, 0.717) is 25.7 Å². The average Bonchev–Trinajstić information content (AvgIpc) is 2.62. The van der Waals surface area contributed by atoms with Crippen LogP contribution in [0.5, 0.6) is 0 Å². The summed E-state index contributed by atoms with van der Waals surface area (Å²) in [5.74, 6) is -1.29. The summed E-state index contributed by atoms with van der Waals surface area (Å²) in [7, 11) is 0. The average molecular weight is 356 g/mol. The molecule has 0 bridgehead atoms. The first-order chi connectivity index (χ1) is 11.9. The van der Waals surface area contributed by atoms with Crippen molar-refractivity contribution >= 4 is 11.9 Å². The highest BCUT2D eigenvalue weighted by molar-refractivity contribution is 5.91. The number of carbonyl (C=O) groups is 2. The predicted octanol–water partition coefficient (Wildman–Crippen LogP) is 3.90. The summed E-state index contributed by atoms with van der Waals surface area (Å²) < 4.78 is 21.3. The number of rotatable bonds is 14. The van der Waals surface area contributed by atoms with Gasteiger partial charge in [-0.1, -0.05) is 40.9 Å². The lowest BCUT2D eigenvalue weighted by atomic mass is 9.98. The topological polar surface area (TPSA) is 71.1 Å². The summed E-state index contributed by atoms with van der Waals surface area (Å²) in [5.41, 5.74) is -1.22. The molecule has 0 aliphatic heterocycles. The quantitative estimate of drug-likeness (QED) is 0.267. The second-order valence-corrected chi connectivity index (χ2v) is 5.85. The van der Waals surface area contributed by atoms with Crippen LogP contribution in [0.25, 0.3) is 0 Å². The fourth-order valence-corrected chi connectivity index (χ4v) is 2.31. The third-order valence-corrected chi connectivity index (χ3v) is 4.53. The van der Waals surface area contributed by atoms with Gasteiger partial charge in [0, 0.05) is 0 Å². The van der Waals surface area contributed by atoms with Crippen LogP contribution in [0.1, 0.15) is 59.8 Å². The van der Waals surface area contributed by atoms with Crippen LogP contribution < -0.4 is 0 Å². The van der Waals surface area contributed by atoms with Gasteiger partial charge in [0.15, 0.2) is 0 Å². The number of ether oxygens (including phenoxy) is 4. The van der Waals surface area contributed by atoms with E-state index in [1.54, 1.807) is 0 Å². The highest BCUT2D eigenvalue weighted by Gasteiger charge is 2.31. The summed E-state index contributed by atoms with van der Waals surface area (Å²) in [6, 6.07) is 0. The predicted molar refractivity (Wildman–Crippen MR) is 95.7 cm³/mol. The lowest BCUT2D eigenvalue weighted by Gasteiger charge is -2.30. The maximum atomic E-state index is 11.9. The molecule has 0 saturated heterocycles. The molecule has 0 aromatic rings. The van der Waals surface area contributed by atoms with E-state index in [9.17, 15) is 9.59 Å². The van der Waals surface area contributed by atoms with Crippen molar-refractivity contribution in [3.63, 3.8) is 0 Å². The molecule has 6 heteroatoms. The van der Waals surface area contributed by atoms with Crippen molar-refractivity contribution in [2.45, 2.75) is 71.0 Å². The van der Waals surface area contributed by atoms with E-state index in [1.807, 2.05) is 27.7 Å². The van der Waals surface area contributed by atoms with E-state index >= 15 is 0 Å². The fourth-order valence-electron chi connectivity index (χ4n) is 2.31. The van der Waals surface area contributed by atoms with Crippen LogP contribution >= 0.6 is 0 Å². The molecule has 0 aliphatic rings. The van der Waals surface area contributed by atoms with Gasteiger partial charge in [0.25, 0.3) is 0 Å². The number of hydrogen-bond donors (Lipinski definition) is 0. The monoisotopic (exact) mass is 356 g/mol. The molecule has 0 unspecified atom stereocenters. The molecule has 25 heavy (non-hydrogen) atoms. The van der Waals surface area contributed by atoms with E-state index < -0.39 is 29.6 Å². The lowest BCUT2D eigenvalue weighted by molar-refractivity contribution is -0.163. The van der Waals surface area contributed by atoms with Crippen LogP contribution in [-0.4, -0.2) is 36.4 Å². The summed E-state index contributed by atoms with van der Waals surface area (Å²) in [4.78, 5) is 23.7. The van der Waals surface area contributed by atoms with Crippen molar-refractivity contribution in [3.8, 4) is 0 Å². The van der Waals surface area contributed by atoms with E-state index in [0.717, 1.165) is 0 Å². The molecule has 0 atom stereocenters. The number of esters is 2. The zero-order valence-electron chi connectivity index (χ0n) is 16.0. The SMILES string of the molecule is C=COC(CC)(CC)COC(=O)CC(=O)OCC(CC)(CC)OC=C. The Labute approximate surface area is 151 Å². The van der Waals surface area contributed by atoms with Gasteiger partial charge < -0.3 is 18.9 Å². The Hall–Kier alpha value is -1.98. The van der Waals surface area contributed by atoms with Gasteiger partial charge in [-0.25, -0.2) is 0 Å². The minimum absolute atomic E-state index is 0.0611. The second-order valence-electron chi connectivity index (χ2n) is 5.85. The zero-order chi connectivity index (χ0) is 19.3. The van der Waals surface area contributed by atoms with Crippen LogP contribution in [0.4, 0.5) is 0 Å². The number of carbonyl (C=O) groups excluding carboxylic acids is 2. The molecular weight excluding hydrogens is 324 g/mol. The molecule has 6 nitrogen and oxygen atoms in total. The Balaban J connectivity index is 4.49. The Kier molecular flexibility index (Phi) is 10.6. The van der Waals surface area contributed by atoms with Gasteiger partial charge in [0.2, 0.25) is 0 Å². The van der Waals surface area contributed by atoms with Crippen LogP contribution in [-0.2, 0) is 28.5 Å². The highest BCUT2D eigenvalue weighted by Crippen LogP contribution is 2.23. The second kappa shape index (κ2) is 11.6. The zero-order valence-corrected chi connectivity index (χ0v) is 16.0. The molecule has 0 heterocycles. The highest BCUT2D eigenvalue weighted by atomic mass is 16.6. The number of hydrogen-bond acceptors (Lipinski definition) is 6. The maximum Gasteiger partial charge on any atom is 0.317 e. The van der Waals surface area contributed by atoms with Gasteiger partial charge >= 0.3 is 11.9 Å². The summed E-state index contributed by atoms with van der Waals surface area (Å²) >= 11 is 0. The minimum atomic E-state index is -0.646. The van der Waals surface area contributed by atoms with Gasteiger partial charge in [-0.05, 0) is 25.7 Å². The van der Waals surface area contributed by atoms with Crippen LogP contribution in [0, 0.1) is 0 Å². The Morgan fingerprint density at radius 2 is 1.08 bits per heavy atom. The molecule has 0 N–H and O–H groups in total. The standard InChI is InChI=1S/C19H32O6/c1-7-18(8-2,24-11-5)14-22-16(20)13-17(21)23-15-19(9-3,10-4)25-12-6/h11-12H,5-10,13-15H2,1-4H3. The summed E-state index contributed by atoms with van der Waals surface area (Å²) in [6.45, 7) is 14.9. The third kappa shape index (κ3) is 7.63. The van der Waals surface area contributed by atoms with Gasteiger partial charge in [0.1, 0.15) is 30.8 Å². The first-order valence-corrected chi connectivity index (χ1v) is 8.75. The molecule has 0 spiro atoms. The largest absolute Gasteiger partial charge is 0.492 e. The molecule has 0 fully saturated rings. The van der Waals surface area contributed by atoms with E-state index in [2.05, 4.69) is 13.2 Å². The van der Waals surface area contributed by atoms with E-state index in [-0.39, 0.29) is 13.2 Å². The van der Waals surface area contributed by atoms with Crippen molar-refractivity contribution in [3.05, 3.63) is 25.7 Å². The normalized spacial score (nSPS) is 11.4. The van der Waals surface area contributed by atoms with Gasteiger partial charge in [0.05, 0.1) is 12.5 Å². The smallest absolute Gasteiger partial charge is 0.317 e. The molecule has 0 amide bonds. The first-order valence-electron chi connectivity index (χ1n) is 8.75. The fraction of sp³-hybridized carbons (Fsp3) is 0.684. The molecule has 0 saturated carbocycles. The maximum absolute atomic E-state index is 11.9. The third-order valence-electron chi connectivity index (χ3n) is 4.53. The van der Waals surface area contributed by atoms with E-state index in [4.69, 9.17) is 18.9 Å². The molecule has 144 valence electrons. The van der Waals surface area contributed by atoms with E-state index in [1.165, 1.54) is 12.5 Å². The van der Waals surface area contributed by atoms with Gasteiger partial charge in [-0.3, -0.25) is 9.59 Å². The van der Waals surface area contributed by atoms with Crippen molar-refractivity contribution in [2.24, 2.45) is 0 Å². The molecule has 0 rings (SSSR count). The Morgan fingerprint density at radius 1 is 0.760 bits per heavy atom. The molecule has 0 radical (unpaired) electrons. The van der Waals surface area contributed by atoms with Gasteiger partial charge in [-0.15, -0.1) is 0 Å². The van der Waals surface area contributed by atoms with Crippen molar-refractivity contribution in [1.29, 1.82) is 0 Å². The first kappa shape index (κ1) is 23.0. The molecule has 0 aliphatic carbocycles. The van der Waals surface area contributed by atoms with Crippen LogP contribution in [0.2, 0.25) is 0 Å². The summed E-state index contributed by atoms with van der Waals surface area (Å²) in [6.07, 6.45) is 4.84. The molecule has 0 aromatic carbocycles. The van der Waals surface area contributed by atoms with Gasteiger partial charge in [-0.2, -0.15) is 0 Å². The van der Waals surface area contributed by atoms with Crippen LogP contribution in [0.15, 0.2) is 25.7 Å². The molecule has 0 aromatic heterocycles. The lowest BCUT2D eigenvalue weighted by Crippen LogP contribution is -2.37. The van der Waals surface area contributed by atoms with Crippen molar-refractivity contribution in [2.75, 3.05) is 13.2 Å². The Morgan fingerprint density at radius 3 is 1.32 bits per heavy atom. The minimum Gasteiger partial charge on any atom is -0.492 e.